The van der Waals surface area contributed by atoms with Crippen molar-refractivity contribution in [2.45, 2.75) is 25.7 Å². The number of fused-ring (bicyclic) bond motifs is 1. The fourth-order valence-electron chi connectivity index (χ4n) is 2.38. The van der Waals surface area contributed by atoms with Crippen LogP contribution in [0.4, 0.5) is 11.4 Å². The monoisotopic (exact) mass is 260 g/mol. The van der Waals surface area contributed by atoms with E-state index in [1.54, 1.807) is 0 Å². The maximum atomic E-state index is 11.3. The molecule has 100 valence electrons. The molecule has 0 saturated heterocycles. The molecular formula is C14H16N2O3. The Balaban J connectivity index is 1.69. The first-order valence-electron chi connectivity index (χ1n) is 6.49. The fourth-order valence-corrected chi connectivity index (χ4v) is 2.38. The van der Waals surface area contributed by atoms with Crippen LogP contribution in [0.2, 0.25) is 0 Å². The van der Waals surface area contributed by atoms with Crippen molar-refractivity contribution >= 4 is 23.3 Å². The first-order valence-corrected chi connectivity index (χ1v) is 6.49. The number of benzene rings is 1. The second-order valence-electron chi connectivity index (χ2n) is 5.36. The second-order valence-corrected chi connectivity index (χ2v) is 5.36. The van der Waals surface area contributed by atoms with Gasteiger partial charge in [0.25, 0.3) is 0 Å². The average Bonchev–Trinajstić information content (AvgIpc) is 3.17. The molecule has 0 bridgehead atoms. The maximum absolute atomic E-state index is 11.3. The minimum atomic E-state index is -0.717. The van der Waals surface area contributed by atoms with Gasteiger partial charge in [-0.05, 0) is 43.0 Å². The van der Waals surface area contributed by atoms with Gasteiger partial charge in [0.2, 0.25) is 5.91 Å². The van der Waals surface area contributed by atoms with Crippen LogP contribution >= 0.6 is 0 Å². The number of rotatable bonds is 4. The maximum Gasteiger partial charge on any atom is 0.311 e. The second kappa shape index (κ2) is 4.26. The van der Waals surface area contributed by atoms with Crippen LogP contribution in [0.5, 0.6) is 0 Å². The summed E-state index contributed by atoms with van der Waals surface area (Å²) in [5.41, 5.74) is 2.32. The summed E-state index contributed by atoms with van der Waals surface area (Å²) in [5, 5.41) is 15.1. The van der Waals surface area contributed by atoms with Crippen LogP contribution in [-0.4, -0.2) is 23.5 Å². The van der Waals surface area contributed by atoms with Gasteiger partial charge in [0.05, 0.1) is 5.41 Å². The zero-order chi connectivity index (χ0) is 13.5. The molecule has 0 atom stereocenters. The largest absolute Gasteiger partial charge is 0.481 e. The number of aryl methyl sites for hydroxylation is 1. The van der Waals surface area contributed by atoms with Gasteiger partial charge in [-0.1, -0.05) is 0 Å². The Morgan fingerprint density at radius 3 is 2.84 bits per heavy atom. The molecule has 1 aromatic carbocycles. The molecule has 1 saturated carbocycles. The van der Waals surface area contributed by atoms with Gasteiger partial charge in [-0.3, -0.25) is 9.59 Å². The van der Waals surface area contributed by atoms with Crippen molar-refractivity contribution in [3.63, 3.8) is 0 Å². The number of carbonyl (C=O) groups excluding carboxylic acids is 1. The number of nitrogens with one attached hydrogen (secondary N) is 2. The van der Waals surface area contributed by atoms with Gasteiger partial charge < -0.3 is 15.7 Å². The lowest BCUT2D eigenvalue weighted by Gasteiger charge is -2.19. The Labute approximate surface area is 111 Å². The van der Waals surface area contributed by atoms with E-state index in [1.807, 2.05) is 18.2 Å². The predicted octanol–water partition coefficient (Wildman–Crippen LogP) is 1.85. The van der Waals surface area contributed by atoms with E-state index in [-0.39, 0.29) is 5.91 Å². The zero-order valence-corrected chi connectivity index (χ0v) is 10.5. The van der Waals surface area contributed by atoms with E-state index in [0.29, 0.717) is 13.0 Å². The molecule has 0 spiro atoms. The van der Waals surface area contributed by atoms with Crippen LogP contribution in [0.25, 0.3) is 0 Å². The molecule has 1 aromatic rings. The number of anilines is 2. The molecule has 0 radical (unpaired) electrons. The molecule has 19 heavy (non-hydrogen) atoms. The Morgan fingerprint density at radius 1 is 1.37 bits per heavy atom. The molecule has 3 N–H and O–H groups in total. The standard InChI is InChI=1S/C14H16N2O3/c17-12-4-1-9-7-10(2-3-11(9)16-12)15-8-14(5-6-14)13(18)19/h2-3,7,15H,1,4-6,8H2,(H,16,17)(H,18,19). The zero-order valence-electron chi connectivity index (χ0n) is 10.5. The summed E-state index contributed by atoms with van der Waals surface area (Å²) in [7, 11) is 0. The highest BCUT2D eigenvalue weighted by atomic mass is 16.4. The third-order valence-electron chi connectivity index (χ3n) is 3.94. The molecule has 0 unspecified atom stereocenters. The van der Waals surface area contributed by atoms with E-state index in [2.05, 4.69) is 10.6 Å². The van der Waals surface area contributed by atoms with Crippen molar-refractivity contribution in [1.82, 2.24) is 0 Å². The van der Waals surface area contributed by atoms with E-state index in [4.69, 9.17) is 5.11 Å². The Morgan fingerprint density at radius 2 is 2.16 bits per heavy atom. The van der Waals surface area contributed by atoms with Crippen molar-refractivity contribution in [2.24, 2.45) is 5.41 Å². The average molecular weight is 260 g/mol. The highest BCUT2D eigenvalue weighted by Crippen LogP contribution is 2.45. The summed E-state index contributed by atoms with van der Waals surface area (Å²) in [4.78, 5) is 22.3. The van der Waals surface area contributed by atoms with Crippen LogP contribution in [-0.2, 0) is 16.0 Å². The van der Waals surface area contributed by atoms with Crippen LogP contribution in [0.3, 0.4) is 0 Å². The number of carboxylic acid groups (broad SMARTS) is 1. The van der Waals surface area contributed by atoms with Crippen LogP contribution in [0, 0.1) is 5.41 Å². The Bertz CT molecular complexity index is 550. The van der Waals surface area contributed by atoms with E-state index < -0.39 is 11.4 Å². The Kier molecular flexibility index (Phi) is 2.69. The molecule has 5 heteroatoms. The van der Waals surface area contributed by atoms with Crippen molar-refractivity contribution in [1.29, 1.82) is 0 Å². The number of amides is 1. The normalized spacial score (nSPS) is 19.3. The summed E-state index contributed by atoms with van der Waals surface area (Å²) in [6.45, 7) is 0.466. The van der Waals surface area contributed by atoms with E-state index in [1.165, 1.54) is 0 Å². The topological polar surface area (TPSA) is 78.4 Å². The van der Waals surface area contributed by atoms with Crippen LogP contribution in [0.15, 0.2) is 18.2 Å². The smallest absolute Gasteiger partial charge is 0.311 e. The van der Waals surface area contributed by atoms with Gasteiger partial charge in [-0.15, -0.1) is 0 Å². The molecule has 1 aliphatic heterocycles. The number of hydrogen-bond acceptors (Lipinski definition) is 3. The lowest BCUT2D eigenvalue weighted by atomic mass is 10.0. The summed E-state index contributed by atoms with van der Waals surface area (Å²) in [6, 6.07) is 5.74. The first-order chi connectivity index (χ1) is 9.09. The van der Waals surface area contributed by atoms with E-state index in [0.717, 1.165) is 36.2 Å². The highest BCUT2D eigenvalue weighted by molar-refractivity contribution is 5.94. The van der Waals surface area contributed by atoms with Crippen molar-refractivity contribution in [3.8, 4) is 0 Å². The van der Waals surface area contributed by atoms with Crippen molar-refractivity contribution < 1.29 is 14.7 Å². The molecule has 1 aliphatic carbocycles. The van der Waals surface area contributed by atoms with Crippen LogP contribution in [0.1, 0.15) is 24.8 Å². The molecule has 0 aromatic heterocycles. The molecule has 1 heterocycles. The summed E-state index contributed by atoms with van der Waals surface area (Å²) in [6.07, 6.45) is 2.74. The molecular weight excluding hydrogens is 244 g/mol. The fraction of sp³-hybridized carbons (Fsp3) is 0.429. The Hall–Kier alpha value is -2.04. The number of carboxylic acids is 1. The molecule has 5 nitrogen and oxygen atoms in total. The third-order valence-corrected chi connectivity index (χ3v) is 3.94. The van der Waals surface area contributed by atoms with Crippen molar-refractivity contribution in [2.75, 3.05) is 17.2 Å². The van der Waals surface area contributed by atoms with Crippen molar-refractivity contribution in [3.05, 3.63) is 23.8 Å². The summed E-state index contributed by atoms with van der Waals surface area (Å²) >= 11 is 0. The molecule has 3 rings (SSSR count). The van der Waals surface area contributed by atoms with Crippen LogP contribution < -0.4 is 10.6 Å². The van der Waals surface area contributed by atoms with E-state index in [9.17, 15) is 9.59 Å². The van der Waals surface area contributed by atoms with Gasteiger partial charge in [-0.2, -0.15) is 0 Å². The molecule has 2 aliphatic rings. The van der Waals surface area contributed by atoms with E-state index >= 15 is 0 Å². The van der Waals surface area contributed by atoms with Gasteiger partial charge in [0, 0.05) is 24.3 Å². The minimum Gasteiger partial charge on any atom is -0.481 e. The lowest BCUT2D eigenvalue weighted by Crippen LogP contribution is -2.24. The minimum absolute atomic E-state index is 0.0519. The van der Waals surface area contributed by atoms with Gasteiger partial charge in [-0.25, -0.2) is 0 Å². The molecule has 1 amide bonds. The number of aliphatic carboxylic acids is 1. The van der Waals surface area contributed by atoms with Gasteiger partial charge >= 0.3 is 5.97 Å². The van der Waals surface area contributed by atoms with Gasteiger partial charge in [0.15, 0.2) is 0 Å². The summed E-state index contributed by atoms with van der Waals surface area (Å²) < 4.78 is 0. The predicted molar refractivity (Wildman–Crippen MR) is 71.2 cm³/mol. The SMILES string of the molecule is O=C1CCc2cc(NCC3(C(=O)O)CC3)ccc2N1. The lowest BCUT2D eigenvalue weighted by molar-refractivity contribution is -0.142. The number of hydrogen-bond donors (Lipinski definition) is 3. The quantitative estimate of drug-likeness (QED) is 0.772. The highest BCUT2D eigenvalue weighted by Gasteiger charge is 2.49. The third kappa shape index (κ3) is 2.28. The first kappa shape index (κ1) is 12.0. The molecule has 1 fully saturated rings. The van der Waals surface area contributed by atoms with Gasteiger partial charge in [0.1, 0.15) is 0 Å². The number of carbonyl (C=O) groups is 2. The summed E-state index contributed by atoms with van der Waals surface area (Å²) in [5.74, 6) is -0.666.